The first-order valence-electron chi connectivity index (χ1n) is 12.7. The van der Waals surface area contributed by atoms with Gasteiger partial charge in [-0.15, -0.1) is 11.8 Å². The average molecular weight is 528 g/mol. The first-order chi connectivity index (χ1) is 18.0. The minimum absolute atomic E-state index is 0.379. The second kappa shape index (κ2) is 13.0. The van der Waals surface area contributed by atoms with Crippen LogP contribution in [0.3, 0.4) is 0 Å². The Morgan fingerprint density at radius 2 is 1.84 bits per heavy atom. The lowest BCUT2D eigenvalue weighted by Gasteiger charge is -2.31. The molecule has 2 aromatic carbocycles. The van der Waals surface area contributed by atoms with Crippen molar-refractivity contribution in [1.29, 1.82) is 5.26 Å². The molecule has 4 rings (SSSR count). The van der Waals surface area contributed by atoms with E-state index in [4.69, 9.17) is 0 Å². The number of hydrogen-bond donors (Lipinski definition) is 2. The summed E-state index contributed by atoms with van der Waals surface area (Å²) in [5.41, 5.74) is 3.00. The summed E-state index contributed by atoms with van der Waals surface area (Å²) in [7, 11) is 0. The van der Waals surface area contributed by atoms with Crippen LogP contribution in [0.4, 0.5) is 24.5 Å². The summed E-state index contributed by atoms with van der Waals surface area (Å²) in [4.78, 5) is 7.44. The number of thioether (sulfide) groups is 1. The Morgan fingerprint density at radius 3 is 2.62 bits per heavy atom. The number of benzene rings is 2. The zero-order valence-electron chi connectivity index (χ0n) is 20.8. The Hall–Kier alpha value is -2.96. The number of pyridine rings is 1. The summed E-state index contributed by atoms with van der Waals surface area (Å²) < 4.78 is 38.9. The predicted molar refractivity (Wildman–Crippen MR) is 145 cm³/mol. The summed E-state index contributed by atoms with van der Waals surface area (Å²) >= 11 is 1.67. The van der Waals surface area contributed by atoms with Gasteiger partial charge in [-0.1, -0.05) is 18.9 Å². The number of nitriles is 1. The molecule has 2 N–H and O–H groups in total. The second-order valence-corrected chi connectivity index (χ2v) is 10.3. The largest absolute Gasteiger partial charge is 0.416 e. The first-order valence-corrected chi connectivity index (χ1v) is 13.7. The minimum Gasteiger partial charge on any atom is -0.385 e. The highest BCUT2D eigenvalue weighted by Gasteiger charge is 2.30. The van der Waals surface area contributed by atoms with E-state index in [1.54, 1.807) is 18.0 Å². The van der Waals surface area contributed by atoms with E-state index < -0.39 is 11.7 Å². The Kier molecular flexibility index (Phi) is 9.53. The molecular formula is C28H32F3N5S. The summed E-state index contributed by atoms with van der Waals surface area (Å²) in [6.07, 6.45) is 1.91. The van der Waals surface area contributed by atoms with E-state index in [0.29, 0.717) is 11.9 Å². The van der Waals surface area contributed by atoms with Gasteiger partial charge < -0.3 is 15.5 Å². The van der Waals surface area contributed by atoms with Crippen LogP contribution in [0.2, 0.25) is 0 Å². The summed E-state index contributed by atoms with van der Waals surface area (Å²) in [6, 6.07) is 14.3. The molecular weight excluding hydrogens is 495 g/mol. The molecule has 37 heavy (non-hydrogen) atoms. The van der Waals surface area contributed by atoms with Gasteiger partial charge in [0.15, 0.2) is 0 Å². The van der Waals surface area contributed by atoms with Crippen molar-refractivity contribution < 1.29 is 13.2 Å². The van der Waals surface area contributed by atoms with Crippen molar-refractivity contribution in [1.82, 2.24) is 10.3 Å². The number of alkyl halides is 3. The van der Waals surface area contributed by atoms with Crippen molar-refractivity contribution in [3.63, 3.8) is 0 Å². The number of piperazine rings is 1. The molecule has 3 aromatic rings. The SMILES string of the molecule is N#CCc1cc(NCCCCCCSc2ccnc3cc(C(F)(F)F)ccc23)ccc1N1CCNCC1. The third-order valence-corrected chi connectivity index (χ3v) is 7.65. The smallest absolute Gasteiger partial charge is 0.385 e. The topological polar surface area (TPSA) is 64.0 Å². The number of anilines is 2. The average Bonchev–Trinajstić information content (AvgIpc) is 2.90. The number of aromatic nitrogens is 1. The van der Waals surface area contributed by atoms with Gasteiger partial charge in [-0.2, -0.15) is 18.4 Å². The highest BCUT2D eigenvalue weighted by atomic mass is 32.2. The number of rotatable bonds is 11. The Morgan fingerprint density at radius 1 is 1.03 bits per heavy atom. The maximum Gasteiger partial charge on any atom is 0.416 e. The fourth-order valence-corrected chi connectivity index (χ4v) is 5.61. The second-order valence-electron chi connectivity index (χ2n) is 9.14. The highest BCUT2D eigenvalue weighted by molar-refractivity contribution is 7.99. The first kappa shape index (κ1) is 27.1. The molecule has 1 fully saturated rings. The van der Waals surface area contributed by atoms with Crippen LogP contribution in [-0.2, 0) is 12.6 Å². The van der Waals surface area contributed by atoms with Crippen molar-refractivity contribution in [2.24, 2.45) is 0 Å². The van der Waals surface area contributed by atoms with E-state index >= 15 is 0 Å². The van der Waals surface area contributed by atoms with Crippen molar-refractivity contribution in [3.8, 4) is 6.07 Å². The monoisotopic (exact) mass is 527 g/mol. The van der Waals surface area contributed by atoms with E-state index in [0.717, 1.165) is 104 Å². The standard InChI is InChI=1S/C28H32F3N5S/c29-28(30,31)22-5-7-24-25(20-22)35-13-10-27(24)37-18-4-2-1-3-12-34-23-6-8-26(21(19-23)9-11-32)36-16-14-33-15-17-36/h5-8,10,13,19-20,33-34H,1-4,9,12,14-18H2. The Labute approximate surface area is 220 Å². The van der Waals surface area contributed by atoms with Gasteiger partial charge in [-0.3, -0.25) is 4.98 Å². The van der Waals surface area contributed by atoms with Crippen LogP contribution in [0.15, 0.2) is 53.6 Å². The fourth-order valence-electron chi connectivity index (χ4n) is 4.56. The van der Waals surface area contributed by atoms with Crippen LogP contribution in [0, 0.1) is 11.3 Å². The number of unbranched alkanes of at least 4 members (excludes halogenated alkanes) is 3. The van der Waals surface area contributed by atoms with Crippen LogP contribution in [-0.4, -0.2) is 43.5 Å². The number of nitrogens with zero attached hydrogens (tertiary/aromatic N) is 3. The molecule has 0 saturated carbocycles. The van der Waals surface area contributed by atoms with Crippen LogP contribution in [0.1, 0.15) is 36.8 Å². The van der Waals surface area contributed by atoms with E-state index in [2.05, 4.69) is 44.8 Å². The van der Waals surface area contributed by atoms with Gasteiger partial charge >= 0.3 is 6.18 Å². The van der Waals surface area contributed by atoms with Crippen LogP contribution < -0.4 is 15.5 Å². The minimum atomic E-state index is -4.36. The lowest BCUT2D eigenvalue weighted by molar-refractivity contribution is -0.137. The molecule has 0 amide bonds. The zero-order chi connectivity index (χ0) is 26.1. The van der Waals surface area contributed by atoms with Crippen LogP contribution in [0.5, 0.6) is 0 Å². The van der Waals surface area contributed by atoms with E-state index in [-0.39, 0.29) is 0 Å². The van der Waals surface area contributed by atoms with E-state index in [1.165, 1.54) is 6.07 Å². The maximum atomic E-state index is 13.0. The van der Waals surface area contributed by atoms with Gasteiger partial charge in [0.2, 0.25) is 0 Å². The van der Waals surface area contributed by atoms with Gasteiger partial charge in [0.05, 0.1) is 23.6 Å². The molecule has 0 spiro atoms. The summed E-state index contributed by atoms with van der Waals surface area (Å²) in [5, 5.41) is 16.9. The molecule has 0 unspecified atom stereocenters. The normalized spacial score (nSPS) is 14.1. The predicted octanol–water partition coefficient (Wildman–Crippen LogP) is 6.49. The molecule has 5 nitrogen and oxygen atoms in total. The summed E-state index contributed by atoms with van der Waals surface area (Å²) in [6.45, 7) is 4.72. The molecule has 0 radical (unpaired) electrons. The van der Waals surface area contributed by atoms with E-state index in [9.17, 15) is 18.4 Å². The maximum absolute atomic E-state index is 13.0. The quantitative estimate of drug-likeness (QED) is 0.219. The van der Waals surface area contributed by atoms with Crippen molar-refractivity contribution in [2.45, 2.75) is 43.2 Å². The van der Waals surface area contributed by atoms with Crippen LogP contribution in [0.25, 0.3) is 10.9 Å². The summed E-state index contributed by atoms with van der Waals surface area (Å²) in [5.74, 6) is 0.915. The van der Waals surface area contributed by atoms with Crippen LogP contribution >= 0.6 is 11.8 Å². The molecule has 1 aliphatic rings. The van der Waals surface area contributed by atoms with Gasteiger partial charge in [-0.25, -0.2) is 0 Å². The molecule has 0 aliphatic carbocycles. The number of nitrogens with one attached hydrogen (secondary N) is 2. The molecule has 9 heteroatoms. The van der Waals surface area contributed by atoms with Gasteiger partial charge in [0.1, 0.15) is 0 Å². The van der Waals surface area contributed by atoms with Crippen molar-refractivity contribution >= 4 is 34.0 Å². The number of fused-ring (bicyclic) bond motifs is 1. The van der Waals surface area contributed by atoms with Gasteiger partial charge in [0.25, 0.3) is 0 Å². The fraction of sp³-hybridized carbons (Fsp3) is 0.429. The molecule has 0 bridgehead atoms. The molecule has 196 valence electrons. The lowest BCUT2D eigenvalue weighted by Crippen LogP contribution is -2.43. The number of halogens is 3. The third-order valence-electron chi connectivity index (χ3n) is 6.49. The van der Waals surface area contributed by atoms with E-state index in [1.807, 2.05) is 6.07 Å². The molecule has 1 aromatic heterocycles. The van der Waals surface area contributed by atoms with Gasteiger partial charge in [-0.05, 0) is 60.6 Å². The lowest BCUT2D eigenvalue weighted by atomic mass is 10.1. The Bertz CT molecular complexity index is 1220. The number of hydrogen-bond acceptors (Lipinski definition) is 6. The molecule has 1 saturated heterocycles. The molecule has 2 heterocycles. The highest BCUT2D eigenvalue weighted by Crippen LogP contribution is 2.34. The molecule has 0 atom stereocenters. The van der Waals surface area contributed by atoms with Crippen molar-refractivity contribution in [3.05, 3.63) is 59.8 Å². The third kappa shape index (κ3) is 7.53. The molecule has 1 aliphatic heterocycles. The Balaban J connectivity index is 1.18. The van der Waals surface area contributed by atoms with Gasteiger partial charge in [0, 0.05) is 60.6 Å². The zero-order valence-corrected chi connectivity index (χ0v) is 21.6. The van der Waals surface area contributed by atoms with Crippen molar-refractivity contribution in [2.75, 3.05) is 48.7 Å².